The quantitative estimate of drug-likeness (QED) is 0.762. The van der Waals surface area contributed by atoms with Gasteiger partial charge in [-0.25, -0.2) is 8.78 Å². The van der Waals surface area contributed by atoms with Crippen LogP contribution in [0.2, 0.25) is 0 Å². The van der Waals surface area contributed by atoms with Crippen LogP contribution >= 0.6 is 0 Å². The van der Waals surface area contributed by atoms with Crippen LogP contribution in [0.15, 0.2) is 42.5 Å². The summed E-state index contributed by atoms with van der Waals surface area (Å²) in [5, 5.41) is 3.26. The number of nitrogens with zero attached hydrogens (tertiary/aromatic N) is 1. The van der Waals surface area contributed by atoms with Crippen molar-refractivity contribution in [2.75, 3.05) is 5.32 Å². The van der Waals surface area contributed by atoms with Crippen LogP contribution < -0.4 is 5.32 Å². The van der Waals surface area contributed by atoms with E-state index in [1.54, 1.807) is 11.6 Å². The fourth-order valence-electron chi connectivity index (χ4n) is 2.70. The van der Waals surface area contributed by atoms with Gasteiger partial charge in [-0.3, -0.25) is 4.79 Å². The molecule has 0 atom stereocenters. The lowest BCUT2D eigenvalue weighted by Gasteiger charge is -2.09. The molecule has 112 valence electrons. The zero-order valence-corrected chi connectivity index (χ0v) is 12.2. The molecule has 1 N–H and O–H groups in total. The molecule has 0 saturated carbocycles. The fourth-order valence-corrected chi connectivity index (χ4v) is 2.70. The zero-order valence-electron chi connectivity index (χ0n) is 12.2. The van der Waals surface area contributed by atoms with Crippen molar-refractivity contribution in [2.24, 2.45) is 7.05 Å². The Morgan fingerprint density at radius 1 is 1.05 bits per heavy atom. The lowest BCUT2D eigenvalue weighted by molar-refractivity contribution is 0.101. The Balaban J connectivity index is 2.07. The molecule has 3 rings (SSSR count). The summed E-state index contributed by atoms with van der Waals surface area (Å²) in [5.41, 5.74) is 1.60. The predicted molar refractivity (Wildman–Crippen MR) is 82.0 cm³/mol. The first-order valence-corrected chi connectivity index (χ1v) is 6.80. The monoisotopic (exact) mass is 300 g/mol. The van der Waals surface area contributed by atoms with Crippen LogP contribution in [0, 0.1) is 18.6 Å². The third kappa shape index (κ3) is 2.15. The van der Waals surface area contributed by atoms with Gasteiger partial charge >= 0.3 is 0 Å². The van der Waals surface area contributed by atoms with Crippen molar-refractivity contribution in [1.29, 1.82) is 0 Å². The number of amides is 1. The summed E-state index contributed by atoms with van der Waals surface area (Å²) in [7, 11) is 1.75. The van der Waals surface area contributed by atoms with E-state index in [1.807, 2.05) is 31.2 Å². The molecule has 0 aliphatic rings. The number of carbonyl (C=O) groups is 1. The largest absolute Gasteiger partial charge is 0.339 e. The number of rotatable bonds is 2. The van der Waals surface area contributed by atoms with Gasteiger partial charge in [-0.15, -0.1) is 0 Å². The Morgan fingerprint density at radius 2 is 1.68 bits per heavy atom. The van der Waals surface area contributed by atoms with Crippen LogP contribution in [-0.4, -0.2) is 10.5 Å². The normalized spacial score (nSPS) is 10.9. The summed E-state index contributed by atoms with van der Waals surface area (Å²) < 4.78 is 29.1. The molecule has 0 unspecified atom stereocenters. The molecule has 1 amide bonds. The molecule has 3 aromatic rings. The third-order valence-corrected chi connectivity index (χ3v) is 3.78. The first-order chi connectivity index (χ1) is 10.5. The smallest absolute Gasteiger partial charge is 0.272 e. The Labute approximate surface area is 126 Å². The van der Waals surface area contributed by atoms with Gasteiger partial charge in [-0.1, -0.05) is 24.3 Å². The summed E-state index contributed by atoms with van der Waals surface area (Å²) in [6.45, 7) is 1.81. The van der Waals surface area contributed by atoms with Crippen molar-refractivity contribution in [2.45, 2.75) is 6.92 Å². The van der Waals surface area contributed by atoms with Crippen LogP contribution in [0.25, 0.3) is 10.9 Å². The van der Waals surface area contributed by atoms with Gasteiger partial charge < -0.3 is 9.88 Å². The Bertz CT molecular complexity index is 824. The van der Waals surface area contributed by atoms with Crippen molar-refractivity contribution in [3.63, 3.8) is 0 Å². The predicted octanol–water partition coefficient (Wildman–Crippen LogP) is 4.02. The maximum Gasteiger partial charge on any atom is 0.272 e. The molecule has 0 aliphatic heterocycles. The molecule has 5 heteroatoms. The number of benzene rings is 2. The molecule has 0 aliphatic carbocycles. The van der Waals surface area contributed by atoms with Crippen molar-refractivity contribution >= 4 is 22.5 Å². The molecule has 0 radical (unpaired) electrons. The van der Waals surface area contributed by atoms with E-state index >= 15 is 0 Å². The number of carbonyl (C=O) groups excluding carboxylic acids is 1. The van der Waals surface area contributed by atoms with Crippen LogP contribution in [0.3, 0.4) is 0 Å². The summed E-state index contributed by atoms with van der Waals surface area (Å²) in [6.07, 6.45) is 0. The van der Waals surface area contributed by atoms with E-state index in [-0.39, 0.29) is 0 Å². The third-order valence-electron chi connectivity index (χ3n) is 3.78. The fraction of sp³-hybridized carbons (Fsp3) is 0.118. The number of fused-ring (bicyclic) bond motifs is 1. The molecule has 0 saturated heterocycles. The van der Waals surface area contributed by atoms with E-state index in [0.717, 1.165) is 28.6 Å². The first-order valence-electron chi connectivity index (χ1n) is 6.80. The van der Waals surface area contributed by atoms with E-state index in [4.69, 9.17) is 0 Å². The van der Waals surface area contributed by atoms with E-state index in [2.05, 4.69) is 5.32 Å². The Kier molecular flexibility index (Phi) is 3.41. The molecule has 22 heavy (non-hydrogen) atoms. The topological polar surface area (TPSA) is 34.0 Å². The van der Waals surface area contributed by atoms with Gasteiger partial charge in [-0.05, 0) is 30.7 Å². The SMILES string of the molecule is Cc1c(C(=O)Nc2c(F)cccc2F)n(C)c2ccccc12. The Hall–Kier alpha value is -2.69. The minimum atomic E-state index is -0.801. The highest BCUT2D eigenvalue weighted by Gasteiger charge is 2.20. The first kappa shape index (κ1) is 14.3. The van der Waals surface area contributed by atoms with Gasteiger partial charge in [0.1, 0.15) is 23.0 Å². The van der Waals surface area contributed by atoms with Gasteiger partial charge in [0.05, 0.1) is 0 Å². The van der Waals surface area contributed by atoms with E-state index < -0.39 is 23.2 Å². The number of aryl methyl sites for hydroxylation is 2. The standard InChI is InChI=1S/C17H14F2N2O/c1-10-11-6-3-4-9-14(11)21(2)16(10)17(22)20-15-12(18)7-5-8-13(15)19/h3-9H,1-2H3,(H,20,22). The van der Waals surface area contributed by atoms with Crippen LogP contribution in [0.4, 0.5) is 14.5 Å². The highest BCUT2D eigenvalue weighted by molar-refractivity contribution is 6.08. The molecule has 0 bridgehead atoms. The zero-order chi connectivity index (χ0) is 15.9. The lowest BCUT2D eigenvalue weighted by Crippen LogP contribution is -2.18. The molecule has 0 fully saturated rings. The van der Waals surface area contributed by atoms with E-state index in [9.17, 15) is 13.6 Å². The maximum atomic E-state index is 13.7. The summed E-state index contributed by atoms with van der Waals surface area (Å²) in [4.78, 5) is 12.5. The van der Waals surface area contributed by atoms with E-state index in [0.29, 0.717) is 5.69 Å². The van der Waals surface area contributed by atoms with Crippen molar-refractivity contribution < 1.29 is 13.6 Å². The average Bonchev–Trinajstić information content (AvgIpc) is 2.75. The van der Waals surface area contributed by atoms with Crippen molar-refractivity contribution in [3.05, 3.63) is 65.4 Å². The molecule has 1 aromatic heterocycles. The molecule has 3 nitrogen and oxygen atoms in total. The molecular weight excluding hydrogens is 286 g/mol. The highest BCUT2D eigenvalue weighted by Crippen LogP contribution is 2.26. The number of halogens is 2. The molecule has 2 aromatic carbocycles. The van der Waals surface area contributed by atoms with E-state index in [1.165, 1.54) is 6.07 Å². The van der Waals surface area contributed by atoms with Crippen LogP contribution in [0.5, 0.6) is 0 Å². The van der Waals surface area contributed by atoms with Gasteiger partial charge in [0.25, 0.3) is 5.91 Å². The van der Waals surface area contributed by atoms with Gasteiger partial charge in [0, 0.05) is 18.0 Å². The molecule has 0 spiro atoms. The maximum absolute atomic E-state index is 13.7. The number of para-hydroxylation sites is 2. The molecule has 1 heterocycles. The second-order valence-electron chi connectivity index (χ2n) is 5.10. The minimum absolute atomic E-state index is 0.379. The number of anilines is 1. The number of aromatic nitrogens is 1. The minimum Gasteiger partial charge on any atom is -0.339 e. The van der Waals surface area contributed by atoms with Crippen LogP contribution in [-0.2, 0) is 7.05 Å². The summed E-state index contributed by atoms with van der Waals surface area (Å²) in [5.74, 6) is -2.14. The van der Waals surface area contributed by atoms with Gasteiger partial charge in [0.2, 0.25) is 0 Å². The van der Waals surface area contributed by atoms with Crippen molar-refractivity contribution in [1.82, 2.24) is 4.57 Å². The molecular formula is C17H14F2N2O. The Morgan fingerprint density at radius 3 is 2.32 bits per heavy atom. The second-order valence-corrected chi connectivity index (χ2v) is 5.10. The summed E-state index contributed by atoms with van der Waals surface area (Å²) in [6, 6.07) is 11.0. The average molecular weight is 300 g/mol. The number of hydrogen-bond donors (Lipinski definition) is 1. The highest BCUT2D eigenvalue weighted by atomic mass is 19.1. The number of hydrogen-bond acceptors (Lipinski definition) is 1. The summed E-state index contributed by atoms with van der Waals surface area (Å²) >= 11 is 0. The second kappa shape index (κ2) is 5.26. The van der Waals surface area contributed by atoms with Crippen LogP contribution in [0.1, 0.15) is 16.1 Å². The van der Waals surface area contributed by atoms with Gasteiger partial charge in [0.15, 0.2) is 0 Å². The number of nitrogens with one attached hydrogen (secondary N) is 1. The van der Waals surface area contributed by atoms with Crippen molar-refractivity contribution in [3.8, 4) is 0 Å². The van der Waals surface area contributed by atoms with Gasteiger partial charge in [-0.2, -0.15) is 0 Å². The lowest BCUT2D eigenvalue weighted by atomic mass is 10.1.